The summed E-state index contributed by atoms with van der Waals surface area (Å²) in [5.41, 5.74) is 6.52. The summed E-state index contributed by atoms with van der Waals surface area (Å²) in [6.45, 7) is 5.07. The van der Waals surface area contributed by atoms with Crippen molar-refractivity contribution in [3.8, 4) is 0 Å². The van der Waals surface area contributed by atoms with Crippen molar-refractivity contribution in [2.75, 3.05) is 6.61 Å². The second-order valence-electron chi connectivity index (χ2n) is 11.0. The summed E-state index contributed by atoms with van der Waals surface area (Å²) in [5.74, 6) is -0.0392. The third kappa shape index (κ3) is 3.30. The second-order valence-corrected chi connectivity index (χ2v) is 11.0. The largest absolute Gasteiger partial charge is 0.458 e. The van der Waals surface area contributed by atoms with Crippen LogP contribution in [-0.4, -0.2) is 46.3 Å². The van der Waals surface area contributed by atoms with E-state index >= 15 is 0 Å². The molecule has 0 saturated heterocycles. The van der Waals surface area contributed by atoms with E-state index in [1.165, 1.54) is 6.92 Å². The third-order valence-electron chi connectivity index (χ3n) is 9.80. The molecular formula is C23H35N3O5. The summed E-state index contributed by atoms with van der Waals surface area (Å²) in [6, 6.07) is 0.0427. The van der Waals surface area contributed by atoms with Gasteiger partial charge in [-0.2, -0.15) is 0 Å². The number of hydrogen-bond donors (Lipinski definition) is 2. The number of fused-ring (bicyclic) bond motifs is 5. The number of azide groups is 1. The van der Waals surface area contributed by atoms with E-state index in [9.17, 15) is 19.8 Å². The zero-order valence-electron chi connectivity index (χ0n) is 18.8. The quantitative estimate of drug-likeness (QED) is 0.303. The van der Waals surface area contributed by atoms with Crippen LogP contribution in [0.1, 0.15) is 72.1 Å². The van der Waals surface area contributed by atoms with Crippen LogP contribution in [0, 0.1) is 34.5 Å². The number of aliphatic hydroxyl groups is 2. The van der Waals surface area contributed by atoms with Crippen molar-refractivity contribution in [1.82, 2.24) is 0 Å². The van der Waals surface area contributed by atoms with Crippen LogP contribution >= 0.6 is 0 Å². The normalized spacial score (nSPS) is 48.5. The molecule has 4 unspecified atom stereocenters. The highest BCUT2D eigenvalue weighted by Gasteiger charge is 2.68. The predicted octanol–water partition coefficient (Wildman–Crippen LogP) is 3.54. The van der Waals surface area contributed by atoms with Crippen LogP contribution in [0.2, 0.25) is 0 Å². The summed E-state index contributed by atoms with van der Waals surface area (Å²) in [4.78, 5) is 27.1. The number of hydrogen-bond acceptors (Lipinski definition) is 6. The monoisotopic (exact) mass is 433 g/mol. The average Bonchev–Trinajstić information content (AvgIpc) is 2.98. The van der Waals surface area contributed by atoms with Gasteiger partial charge in [0, 0.05) is 23.3 Å². The molecule has 2 N–H and O–H groups in total. The lowest BCUT2D eigenvalue weighted by Gasteiger charge is -2.62. The minimum Gasteiger partial charge on any atom is -0.458 e. The van der Waals surface area contributed by atoms with Crippen molar-refractivity contribution in [1.29, 1.82) is 0 Å². The van der Waals surface area contributed by atoms with Crippen LogP contribution in [0.4, 0.5) is 0 Å². The molecule has 0 amide bonds. The molecule has 0 radical (unpaired) electrons. The van der Waals surface area contributed by atoms with E-state index in [4.69, 9.17) is 10.3 Å². The van der Waals surface area contributed by atoms with Gasteiger partial charge in [0.25, 0.3) is 0 Å². The Bertz CT molecular complexity index is 813. The van der Waals surface area contributed by atoms with Gasteiger partial charge in [0.15, 0.2) is 6.61 Å². The Morgan fingerprint density at radius 1 is 1.19 bits per heavy atom. The van der Waals surface area contributed by atoms with Gasteiger partial charge in [-0.15, -0.1) is 0 Å². The van der Waals surface area contributed by atoms with E-state index in [0.29, 0.717) is 18.8 Å². The van der Waals surface area contributed by atoms with E-state index in [1.807, 2.05) is 6.92 Å². The number of carbonyl (C=O) groups is 2. The first-order valence-electron chi connectivity index (χ1n) is 11.7. The molecule has 0 aromatic carbocycles. The molecule has 4 aliphatic rings. The number of nitrogens with zero attached hydrogens (tertiary/aromatic N) is 3. The smallest absolute Gasteiger partial charge is 0.303 e. The maximum Gasteiger partial charge on any atom is 0.303 e. The van der Waals surface area contributed by atoms with Crippen molar-refractivity contribution < 1.29 is 24.5 Å². The van der Waals surface area contributed by atoms with E-state index < -0.39 is 35.5 Å². The Morgan fingerprint density at radius 2 is 1.94 bits per heavy atom. The van der Waals surface area contributed by atoms with E-state index in [2.05, 4.69) is 16.9 Å². The fourth-order valence-corrected chi connectivity index (χ4v) is 8.29. The Morgan fingerprint density at radius 3 is 2.61 bits per heavy atom. The van der Waals surface area contributed by atoms with Gasteiger partial charge in [0.05, 0.1) is 6.10 Å². The molecule has 8 nitrogen and oxygen atoms in total. The van der Waals surface area contributed by atoms with Gasteiger partial charge in [-0.25, -0.2) is 0 Å². The molecule has 31 heavy (non-hydrogen) atoms. The molecular weight excluding hydrogens is 398 g/mol. The van der Waals surface area contributed by atoms with Crippen molar-refractivity contribution in [2.24, 2.45) is 39.6 Å². The fraction of sp³-hybridized carbons (Fsp3) is 0.913. The predicted molar refractivity (Wildman–Crippen MR) is 113 cm³/mol. The summed E-state index contributed by atoms with van der Waals surface area (Å²) in [5, 5.41) is 26.9. The van der Waals surface area contributed by atoms with Crippen LogP contribution in [0.3, 0.4) is 0 Å². The van der Waals surface area contributed by atoms with Crippen LogP contribution in [0.25, 0.3) is 10.4 Å². The van der Waals surface area contributed by atoms with Crippen molar-refractivity contribution in [3.05, 3.63) is 10.4 Å². The molecule has 0 aromatic heterocycles. The Kier molecular flexibility index (Phi) is 5.64. The van der Waals surface area contributed by atoms with Gasteiger partial charge in [0.2, 0.25) is 5.78 Å². The highest BCUT2D eigenvalue weighted by Crippen LogP contribution is 2.68. The molecule has 0 bridgehead atoms. The molecule has 4 saturated carbocycles. The standard InChI is InChI=1S/C23H35N3O5/c1-13(27)31-12-19(29)23(30)9-7-17-16-5-4-14-10-15(25-26-24)6-8-21(14,2)20(16)18(28)11-22(17,23)3/h14-18,20,28,30H,4-12H2,1-3H3/t14-,15+,16?,17?,18?,20?,21+,22+,23+/m1/s1. The maximum atomic E-state index is 12.9. The molecule has 9 atom stereocenters. The van der Waals surface area contributed by atoms with Crippen LogP contribution < -0.4 is 0 Å². The molecule has 172 valence electrons. The zero-order chi connectivity index (χ0) is 22.6. The number of ether oxygens (including phenoxy) is 1. The number of rotatable bonds is 4. The highest BCUT2D eigenvalue weighted by atomic mass is 16.5. The number of Topliss-reactive ketones (excluding diaryl/α,β-unsaturated/α-hetero) is 1. The van der Waals surface area contributed by atoms with Gasteiger partial charge < -0.3 is 14.9 Å². The van der Waals surface area contributed by atoms with E-state index in [0.717, 1.165) is 38.5 Å². The Labute approximate surface area is 183 Å². The van der Waals surface area contributed by atoms with Crippen LogP contribution in [-0.2, 0) is 14.3 Å². The lowest BCUT2D eigenvalue weighted by molar-refractivity contribution is -0.200. The van der Waals surface area contributed by atoms with Gasteiger partial charge in [-0.3, -0.25) is 9.59 Å². The maximum absolute atomic E-state index is 12.9. The van der Waals surface area contributed by atoms with E-state index in [1.54, 1.807) is 0 Å². The molecule has 0 spiro atoms. The minimum atomic E-state index is -1.57. The summed E-state index contributed by atoms with van der Waals surface area (Å²) in [6.07, 6.45) is 5.51. The first-order chi connectivity index (χ1) is 14.6. The lowest BCUT2D eigenvalue weighted by atomic mass is 9.43. The molecule has 4 aliphatic carbocycles. The molecule has 0 aromatic rings. The molecule has 0 aliphatic heterocycles. The molecule has 8 heteroatoms. The average molecular weight is 434 g/mol. The summed E-state index contributed by atoms with van der Waals surface area (Å²) < 4.78 is 4.91. The minimum absolute atomic E-state index is 0.0202. The zero-order valence-corrected chi connectivity index (χ0v) is 18.8. The van der Waals surface area contributed by atoms with Crippen LogP contribution in [0.15, 0.2) is 5.11 Å². The van der Waals surface area contributed by atoms with Crippen molar-refractivity contribution in [2.45, 2.75) is 89.9 Å². The highest BCUT2D eigenvalue weighted by molar-refractivity contribution is 5.90. The Hall–Kier alpha value is -1.63. The van der Waals surface area contributed by atoms with Gasteiger partial charge in [-0.1, -0.05) is 19.0 Å². The topological polar surface area (TPSA) is 133 Å². The number of ketones is 1. The molecule has 4 fully saturated rings. The van der Waals surface area contributed by atoms with Crippen molar-refractivity contribution >= 4 is 11.8 Å². The fourth-order valence-electron chi connectivity index (χ4n) is 8.29. The van der Waals surface area contributed by atoms with E-state index in [-0.39, 0.29) is 29.2 Å². The number of aliphatic hydroxyl groups excluding tert-OH is 1. The van der Waals surface area contributed by atoms with Crippen LogP contribution in [0.5, 0.6) is 0 Å². The third-order valence-corrected chi connectivity index (χ3v) is 9.80. The van der Waals surface area contributed by atoms with Crippen molar-refractivity contribution in [3.63, 3.8) is 0 Å². The summed E-state index contributed by atoms with van der Waals surface area (Å²) in [7, 11) is 0. The second kappa shape index (κ2) is 7.75. The summed E-state index contributed by atoms with van der Waals surface area (Å²) >= 11 is 0. The molecule has 0 heterocycles. The lowest BCUT2D eigenvalue weighted by Crippen LogP contribution is -2.63. The first-order valence-corrected chi connectivity index (χ1v) is 11.7. The number of esters is 1. The van der Waals surface area contributed by atoms with Gasteiger partial charge >= 0.3 is 5.97 Å². The number of carbonyl (C=O) groups excluding carboxylic acids is 2. The van der Waals surface area contributed by atoms with Gasteiger partial charge in [0.1, 0.15) is 5.60 Å². The van der Waals surface area contributed by atoms with Gasteiger partial charge in [-0.05, 0) is 86.0 Å². The first kappa shape index (κ1) is 22.6. The molecule has 4 rings (SSSR count). The SMILES string of the molecule is CC(=O)OCC(=O)[C@@]1(O)CCC2C3CC[C@@H]4C[C@@H](N=[N+]=[N-])CC[C@]4(C)C3C(O)C[C@@]21C. The Balaban J connectivity index is 1.60.